The van der Waals surface area contributed by atoms with Crippen molar-refractivity contribution in [2.75, 3.05) is 26.7 Å². The van der Waals surface area contributed by atoms with E-state index in [0.717, 1.165) is 17.1 Å². The number of benzene rings is 1. The van der Waals surface area contributed by atoms with Crippen LogP contribution in [0.25, 0.3) is 0 Å². The number of likely N-dealkylation sites (tertiary alicyclic amines) is 1. The molecule has 0 spiro atoms. The Labute approximate surface area is 147 Å². The first-order valence-corrected chi connectivity index (χ1v) is 9.55. The molecule has 0 aromatic heterocycles. The fourth-order valence-corrected chi connectivity index (χ4v) is 3.89. The number of carbonyl (C=O) groups excluding carboxylic acids is 2. The highest BCUT2D eigenvalue weighted by Gasteiger charge is 2.24. The lowest BCUT2D eigenvalue weighted by Crippen LogP contribution is -2.45. The van der Waals surface area contributed by atoms with Crippen molar-refractivity contribution >= 4 is 21.8 Å². The van der Waals surface area contributed by atoms with Gasteiger partial charge in [0.25, 0.3) is 5.91 Å². The smallest absolute Gasteiger partial charge is 0.253 e. The van der Waals surface area contributed by atoms with E-state index in [2.05, 4.69) is 0 Å². The standard InChI is InChI=1S/C16H24N4O4S/c1-19(10-8-15(18)21)25(23,24)14-6-4-12(5-7-14)16(22)20-9-2-3-13(17)11-20/h4-7,13H,2-3,8-11,17H2,1H3,(H2,18,21). The minimum atomic E-state index is -3.73. The van der Waals surface area contributed by atoms with E-state index < -0.39 is 15.9 Å². The predicted molar refractivity (Wildman–Crippen MR) is 93.2 cm³/mol. The van der Waals surface area contributed by atoms with Crippen molar-refractivity contribution in [3.8, 4) is 0 Å². The number of rotatable bonds is 6. The van der Waals surface area contributed by atoms with Gasteiger partial charge in [-0.1, -0.05) is 0 Å². The van der Waals surface area contributed by atoms with Gasteiger partial charge in [0.1, 0.15) is 0 Å². The third kappa shape index (κ3) is 4.77. The molecule has 1 aromatic carbocycles. The Hall–Kier alpha value is -1.97. The van der Waals surface area contributed by atoms with Gasteiger partial charge in [0.05, 0.1) is 4.90 Å². The van der Waals surface area contributed by atoms with Gasteiger partial charge in [-0.2, -0.15) is 0 Å². The molecular weight excluding hydrogens is 344 g/mol. The van der Waals surface area contributed by atoms with Crippen molar-refractivity contribution in [3.63, 3.8) is 0 Å². The second-order valence-corrected chi connectivity index (χ2v) is 8.27. The summed E-state index contributed by atoms with van der Waals surface area (Å²) in [7, 11) is -2.35. The summed E-state index contributed by atoms with van der Waals surface area (Å²) in [6.45, 7) is 1.17. The number of sulfonamides is 1. The highest BCUT2D eigenvalue weighted by atomic mass is 32.2. The molecule has 1 fully saturated rings. The molecule has 138 valence electrons. The van der Waals surface area contributed by atoms with E-state index in [1.54, 1.807) is 4.90 Å². The minimum Gasteiger partial charge on any atom is -0.370 e. The average Bonchev–Trinajstić information content (AvgIpc) is 2.59. The molecule has 1 atom stereocenters. The summed E-state index contributed by atoms with van der Waals surface area (Å²) in [6, 6.07) is 5.77. The van der Waals surface area contributed by atoms with Gasteiger partial charge >= 0.3 is 0 Å². The van der Waals surface area contributed by atoms with Gasteiger partial charge in [-0.15, -0.1) is 0 Å². The van der Waals surface area contributed by atoms with Gasteiger partial charge in [-0.05, 0) is 37.1 Å². The molecule has 0 aliphatic carbocycles. The molecule has 1 saturated heterocycles. The summed E-state index contributed by atoms with van der Waals surface area (Å²) in [5, 5.41) is 0. The average molecular weight is 368 g/mol. The molecule has 1 aromatic rings. The van der Waals surface area contributed by atoms with Crippen LogP contribution < -0.4 is 11.5 Å². The van der Waals surface area contributed by atoms with E-state index in [-0.39, 0.29) is 29.8 Å². The first kappa shape index (κ1) is 19.4. The Kier molecular flexibility index (Phi) is 6.15. The molecule has 8 nitrogen and oxygen atoms in total. The zero-order valence-corrected chi connectivity index (χ0v) is 15.0. The van der Waals surface area contributed by atoms with Crippen molar-refractivity contribution in [1.82, 2.24) is 9.21 Å². The molecule has 0 bridgehead atoms. The monoisotopic (exact) mass is 368 g/mol. The highest BCUT2D eigenvalue weighted by molar-refractivity contribution is 7.89. The van der Waals surface area contributed by atoms with Crippen molar-refractivity contribution < 1.29 is 18.0 Å². The Balaban J connectivity index is 2.10. The number of piperidine rings is 1. The molecule has 1 aliphatic rings. The van der Waals surface area contributed by atoms with Gasteiger partial charge in [0, 0.05) is 44.7 Å². The molecule has 1 unspecified atom stereocenters. The second-order valence-electron chi connectivity index (χ2n) is 6.22. The first-order valence-electron chi connectivity index (χ1n) is 8.11. The fraction of sp³-hybridized carbons (Fsp3) is 0.500. The van der Waals surface area contributed by atoms with Gasteiger partial charge in [-0.25, -0.2) is 12.7 Å². The Morgan fingerprint density at radius 3 is 2.48 bits per heavy atom. The van der Waals surface area contributed by atoms with Crippen molar-refractivity contribution in [1.29, 1.82) is 0 Å². The molecule has 1 heterocycles. The lowest BCUT2D eigenvalue weighted by atomic mass is 10.1. The Morgan fingerprint density at radius 1 is 1.28 bits per heavy atom. The number of primary amides is 1. The topological polar surface area (TPSA) is 127 Å². The SMILES string of the molecule is CN(CCC(N)=O)S(=O)(=O)c1ccc(C(=O)N2CCCC(N)C2)cc1. The van der Waals surface area contributed by atoms with Gasteiger partial charge in [0.2, 0.25) is 15.9 Å². The Bertz CT molecular complexity index is 733. The number of hydrogen-bond donors (Lipinski definition) is 2. The van der Waals surface area contributed by atoms with Crippen LogP contribution in [0.15, 0.2) is 29.2 Å². The third-order valence-electron chi connectivity index (χ3n) is 4.23. The lowest BCUT2D eigenvalue weighted by Gasteiger charge is -2.30. The van der Waals surface area contributed by atoms with Gasteiger partial charge in [-0.3, -0.25) is 9.59 Å². The largest absolute Gasteiger partial charge is 0.370 e. The summed E-state index contributed by atoms with van der Waals surface area (Å²) in [5.41, 5.74) is 11.4. The van der Waals surface area contributed by atoms with Crippen LogP contribution in [0.4, 0.5) is 0 Å². The summed E-state index contributed by atoms with van der Waals surface area (Å²) in [6.07, 6.45) is 1.71. The molecule has 2 amide bonds. The predicted octanol–water partition coefficient (Wildman–Crippen LogP) is -0.254. The van der Waals surface area contributed by atoms with Gasteiger partial charge in [0.15, 0.2) is 0 Å². The minimum absolute atomic E-state index is 0.00398. The van der Waals surface area contributed by atoms with Crippen LogP contribution in [-0.4, -0.2) is 62.2 Å². The van der Waals surface area contributed by atoms with E-state index in [4.69, 9.17) is 11.5 Å². The zero-order chi connectivity index (χ0) is 18.6. The number of nitrogens with zero attached hydrogens (tertiary/aromatic N) is 2. The maximum atomic E-state index is 12.5. The molecule has 9 heteroatoms. The van der Waals surface area contributed by atoms with Crippen LogP contribution in [0.2, 0.25) is 0 Å². The molecule has 25 heavy (non-hydrogen) atoms. The van der Waals surface area contributed by atoms with Crippen LogP contribution in [-0.2, 0) is 14.8 Å². The summed E-state index contributed by atoms with van der Waals surface area (Å²) >= 11 is 0. The highest BCUT2D eigenvalue weighted by Crippen LogP contribution is 2.18. The van der Waals surface area contributed by atoms with Crippen molar-refractivity contribution in [2.24, 2.45) is 11.5 Å². The molecule has 0 saturated carbocycles. The van der Waals surface area contributed by atoms with E-state index in [0.29, 0.717) is 18.7 Å². The third-order valence-corrected chi connectivity index (χ3v) is 6.10. The summed E-state index contributed by atoms with van der Waals surface area (Å²) in [5.74, 6) is -0.719. The number of amides is 2. The lowest BCUT2D eigenvalue weighted by molar-refractivity contribution is -0.118. The molecule has 4 N–H and O–H groups in total. The molecular formula is C16H24N4O4S. The normalized spacial score (nSPS) is 18.4. The fourth-order valence-electron chi connectivity index (χ4n) is 2.71. The molecule has 0 radical (unpaired) electrons. The zero-order valence-electron chi connectivity index (χ0n) is 14.2. The number of carbonyl (C=O) groups is 2. The van der Waals surface area contributed by atoms with Crippen LogP contribution in [0.1, 0.15) is 29.6 Å². The summed E-state index contributed by atoms with van der Waals surface area (Å²) < 4.78 is 25.9. The van der Waals surface area contributed by atoms with Crippen LogP contribution in [0.3, 0.4) is 0 Å². The molecule has 2 rings (SSSR count). The van der Waals surface area contributed by atoms with Crippen LogP contribution in [0, 0.1) is 0 Å². The number of hydrogen-bond acceptors (Lipinski definition) is 5. The van der Waals surface area contributed by atoms with Crippen LogP contribution in [0.5, 0.6) is 0 Å². The number of nitrogens with two attached hydrogens (primary N) is 2. The van der Waals surface area contributed by atoms with Gasteiger partial charge < -0.3 is 16.4 Å². The van der Waals surface area contributed by atoms with Crippen LogP contribution >= 0.6 is 0 Å². The van der Waals surface area contributed by atoms with Crippen molar-refractivity contribution in [3.05, 3.63) is 29.8 Å². The van der Waals surface area contributed by atoms with E-state index >= 15 is 0 Å². The first-order chi connectivity index (χ1) is 11.7. The maximum absolute atomic E-state index is 12.5. The van der Waals surface area contributed by atoms with Crippen molar-refractivity contribution in [2.45, 2.75) is 30.2 Å². The van der Waals surface area contributed by atoms with E-state index in [1.807, 2.05) is 0 Å². The maximum Gasteiger partial charge on any atom is 0.253 e. The summed E-state index contributed by atoms with van der Waals surface area (Å²) in [4.78, 5) is 25.0. The van der Waals surface area contributed by atoms with E-state index in [9.17, 15) is 18.0 Å². The Morgan fingerprint density at radius 2 is 1.92 bits per heavy atom. The second kappa shape index (κ2) is 7.94. The quantitative estimate of drug-likeness (QED) is 0.715. The molecule has 1 aliphatic heterocycles. The van der Waals surface area contributed by atoms with E-state index in [1.165, 1.54) is 31.3 Å².